The molecule has 0 saturated carbocycles. The van der Waals surface area contributed by atoms with E-state index in [-0.39, 0.29) is 23.3 Å². The van der Waals surface area contributed by atoms with Crippen LogP contribution in [-0.4, -0.2) is 23.5 Å². The van der Waals surface area contributed by atoms with Crippen molar-refractivity contribution in [2.75, 3.05) is 11.9 Å². The molecule has 5 nitrogen and oxygen atoms in total. The van der Waals surface area contributed by atoms with Gasteiger partial charge >= 0.3 is 5.97 Å². The van der Waals surface area contributed by atoms with Gasteiger partial charge in [0, 0.05) is 12.2 Å². The van der Waals surface area contributed by atoms with Crippen LogP contribution in [0.15, 0.2) is 42.5 Å². The molecule has 1 saturated heterocycles. The maximum atomic E-state index is 12.6. The number of hydrogen-bond donors (Lipinski definition) is 3. The number of anilines is 1. The molecule has 3 atom stereocenters. The predicted molar refractivity (Wildman–Crippen MR) is 118 cm³/mol. The molecule has 2 unspecified atom stereocenters. The second kappa shape index (κ2) is 7.46. The molecular formula is C25H30N2O3. The quantitative estimate of drug-likeness (QED) is 0.693. The fourth-order valence-corrected chi connectivity index (χ4v) is 5.08. The Hall–Kier alpha value is -2.82. The summed E-state index contributed by atoms with van der Waals surface area (Å²) >= 11 is 0. The summed E-state index contributed by atoms with van der Waals surface area (Å²) in [7, 11) is 0. The van der Waals surface area contributed by atoms with E-state index in [1.165, 1.54) is 0 Å². The van der Waals surface area contributed by atoms with E-state index in [9.17, 15) is 14.7 Å². The minimum atomic E-state index is -0.903. The molecule has 2 heterocycles. The molecule has 30 heavy (non-hydrogen) atoms. The first kappa shape index (κ1) is 20.5. The van der Waals surface area contributed by atoms with E-state index in [4.69, 9.17) is 0 Å². The number of benzene rings is 2. The Balaban J connectivity index is 1.68. The third-order valence-electron chi connectivity index (χ3n) is 6.76. The summed E-state index contributed by atoms with van der Waals surface area (Å²) in [6.45, 7) is 9.49. The minimum Gasteiger partial charge on any atom is -0.478 e. The lowest BCUT2D eigenvalue weighted by Crippen LogP contribution is -2.35. The molecule has 0 aliphatic carbocycles. The van der Waals surface area contributed by atoms with Gasteiger partial charge < -0.3 is 15.7 Å². The Morgan fingerprint density at radius 3 is 2.57 bits per heavy atom. The Kier molecular flexibility index (Phi) is 5.08. The fraction of sp³-hybridized carbons (Fsp3) is 0.440. The highest BCUT2D eigenvalue weighted by atomic mass is 16.4. The van der Waals surface area contributed by atoms with Gasteiger partial charge in [0.25, 0.3) is 0 Å². The molecule has 1 amide bonds. The Morgan fingerprint density at radius 1 is 1.13 bits per heavy atom. The van der Waals surface area contributed by atoms with Gasteiger partial charge in [-0.2, -0.15) is 0 Å². The summed E-state index contributed by atoms with van der Waals surface area (Å²) in [5, 5.41) is 16.0. The number of aromatic carboxylic acids is 1. The van der Waals surface area contributed by atoms with Crippen molar-refractivity contribution in [1.29, 1.82) is 0 Å². The monoisotopic (exact) mass is 406 g/mol. The number of carboxylic acid groups (broad SMARTS) is 1. The lowest BCUT2D eigenvalue weighted by molar-refractivity contribution is -0.120. The molecule has 158 valence electrons. The summed E-state index contributed by atoms with van der Waals surface area (Å²) in [4.78, 5) is 23.9. The van der Waals surface area contributed by atoms with E-state index >= 15 is 0 Å². The second-order valence-corrected chi connectivity index (χ2v) is 9.72. The first-order chi connectivity index (χ1) is 14.2. The smallest absolute Gasteiger partial charge is 0.335 e. The average Bonchev–Trinajstić information content (AvgIpc) is 3.08. The number of hydrogen-bond acceptors (Lipinski definition) is 3. The van der Waals surface area contributed by atoms with Gasteiger partial charge in [-0.1, -0.05) is 52.0 Å². The first-order valence-corrected chi connectivity index (χ1v) is 10.7. The zero-order chi connectivity index (χ0) is 21.6. The molecule has 5 heteroatoms. The summed E-state index contributed by atoms with van der Waals surface area (Å²) in [6.07, 6.45) is 0.782. The molecule has 0 aromatic heterocycles. The number of amides is 1. The lowest BCUT2D eigenvalue weighted by atomic mass is 9.72. The maximum absolute atomic E-state index is 12.6. The summed E-state index contributed by atoms with van der Waals surface area (Å²) in [5.74, 6) is -0.164. The molecule has 2 aromatic carbocycles. The van der Waals surface area contributed by atoms with Gasteiger partial charge in [-0.3, -0.25) is 4.79 Å². The summed E-state index contributed by atoms with van der Waals surface area (Å²) in [6, 6.07) is 13.8. The van der Waals surface area contributed by atoms with Crippen molar-refractivity contribution >= 4 is 17.6 Å². The van der Waals surface area contributed by atoms with Crippen LogP contribution in [-0.2, 0) is 11.2 Å². The summed E-state index contributed by atoms with van der Waals surface area (Å²) < 4.78 is 0. The zero-order valence-corrected chi connectivity index (χ0v) is 18.0. The fourth-order valence-electron chi connectivity index (χ4n) is 5.08. The van der Waals surface area contributed by atoms with E-state index < -0.39 is 5.97 Å². The molecule has 2 aromatic rings. The molecule has 3 N–H and O–H groups in total. The van der Waals surface area contributed by atoms with Crippen LogP contribution in [0.5, 0.6) is 0 Å². The van der Waals surface area contributed by atoms with Crippen molar-refractivity contribution in [1.82, 2.24) is 5.32 Å². The number of rotatable bonds is 4. The van der Waals surface area contributed by atoms with Crippen molar-refractivity contribution in [3.63, 3.8) is 0 Å². The van der Waals surface area contributed by atoms with Crippen molar-refractivity contribution in [2.45, 2.75) is 46.1 Å². The summed E-state index contributed by atoms with van der Waals surface area (Å²) in [5.41, 5.74) is 4.45. The molecule has 1 fully saturated rings. The lowest BCUT2D eigenvalue weighted by Gasteiger charge is -2.41. The third kappa shape index (κ3) is 3.57. The van der Waals surface area contributed by atoms with Crippen LogP contribution >= 0.6 is 0 Å². The number of carbonyl (C=O) groups is 2. The van der Waals surface area contributed by atoms with Gasteiger partial charge in [0.15, 0.2) is 0 Å². The van der Waals surface area contributed by atoms with Crippen LogP contribution < -0.4 is 10.6 Å². The average molecular weight is 407 g/mol. The molecule has 0 radical (unpaired) electrons. The number of nitrogens with one attached hydrogen (secondary N) is 2. The van der Waals surface area contributed by atoms with Crippen molar-refractivity contribution in [2.24, 2.45) is 17.3 Å². The maximum Gasteiger partial charge on any atom is 0.335 e. The standard InChI is InChI=1S/C25H30N2O3/c1-14(2)19-13-26-23(28)21(19)15-6-5-7-16(10-15)22-25(3,4)12-18-11-17(24(29)30)8-9-20(18)27-22/h5-11,14,19,21-22,27H,12-13H2,1-4H3,(H,26,28)(H,29,30)/t19?,21-,22?/m0/s1. The molecule has 0 bridgehead atoms. The van der Waals surface area contributed by atoms with Gasteiger partial charge in [-0.05, 0) is 58.6 Å². The Morgan fingerprint density at radius 2 is 1.87 bits per heavy atom. The van der Waals surface area contributed by atoms with Gasteiger partial charge in [0.1, 0.15) is 0 Å². The van der Waals surface area contributed by atoms with Crippen molar-refractivity contribution in [3.8, 4) is 0 Å². The SMILES string of the molecule is CC(C)C1CNC(=O)[C@H]1c1cccc(C2Nc3ccc(C(=O)O)cc3CC2(C)C)c1. The van der Waals surface area contributed by atoms with E-state index in [1.54, 1.807) is 12.1 Å². The normalized spacial score (nSPS) is 24.8. The first-order valence-electron chi connectivity index (χ1n) is 10.7. The molecule has 2 aliphatic heterocycles. The molecule has 4 rings (SSSR count). The van der Waals surface area contributed by atoms with Crippen LogP contribution in [0.4, 0.5) is 5.69 Å². The highest BCUT2D eigenvalue weighted by Crippen LogP contribution is 2.46. The van der Waals surface area contributed by atoms with E-state index in [1.807, 2.05) is 6.07 Å². The highest BCUT2D eigenvalue weighted by molar-refractivity contribution is 5.89. The van der Waals surface area contributed by atoms with Gasteiger partial charge in [0.05, 0.1) is 17.5 Å². The minimum absolute atomic E-state index is 0.0718. The van der Waals surface area contributed by atoms with Crippen LogP contribution in [0.1, 0.15) is 66.7 Å². The number of carboxylic acids is 1. The second-order valence-electron chi connectivity index (χ2n) is 9.72. The van der Waals surface area contributed by atoms with Crippen LogP contribution in [0.3, 0.4) is 0 Å². The van der Waals surface area contributed by atoms with Gasteiger partial charge in [-0.15, -0.1) is 0 Å². The topological polar surface area (TPSA) is 78.4 Å². The highest BCUT2D eigenvalue weighted by Gasteiger charge is 2.39. The van der Waals surface area contributed by atoms with Crippen molar-refractivity contribution < 1.29 is 14.7 Å². The van der Waals surface area contributed by atoms with Crippen molar-refractivity contribution in [3.05, 3.63) is 64.7 Å². The number of fused-ring (bicyclic) bond motifs is 1. The molecular weight excluding hydrogens is 376 g/mol. The zero-order valence-electron chi connectivity index (χ0n) is 18.0. The van der Waals surface area contributed by atoms with E-state index in [0.29, 0.717) is 17.4 Å². The van der Waals surface area contributed by atoms with E-state index in [0.717, 1.165) is 35.3 Å². The van der Waals surface area contributed by atoms with Crippen LogP contribution in [0.25, 0.3) is 0 Å². The largest absolute Gasteiger partial charge is 0.478 e. The van der Waals surface area contributed by atoms with Gasteiger partial charge in [0.2, 0.25) is 5.91 Å². The van der Waals surface area contributed by atoms with E-state index in [2.05, 4.69) is 62.6 Å². The Labute approximate surface area is 177 Å². The van der Waals surface area contributed by atoms with Gasteiger partial charge in [-0.25, -0.2) is 4.79 Å². The Bertz CT molecular complexity index is 996. The van der Waals surface area contributed by atoms with Crippen LogP contribution in [0.2, 0.25) is 0 Å². The third-order valence-corrected chi connectivity index (χ3v) is 6.76. The molecule has 0 spiro atoms. The predicted octanol–water partition coefficient (Wildman–Crippen LogP) is 4.61. The molecule has 2 aliphatic rings. The number of carbonyl (C=O) groups excluding carboxylic acids is 1. The van der Waals surface area contributed by atoms with Crippen LogP contribution in [0, 0.1) is 17.3 Å².